The Labute approximate surface area is 201 Å². The minimum Gasteiger partial charge on any atom is -0.490 e. The number of hydrogen-bond acceptors (Lipinski definition) is 4. The van der Waals surface area contributed by atoms with Crippen molar-refractivity contribution in [3.63, 3.8) is 0 Å². The number of aliphatic hydroxyl groups excluding tert-OH is 1. The number of halogens is 1. The third-order valence-corrected chi connectivity index (χ3v) is 8.00. The molecule has 4 fully saturated rings. The Hall–Kier alpha value is -2.44. The number of rotatable bonds is 8. The summed E-state index contributed by atoms with van der Waals surface area (Å²) < 4.78 is 19.0. The standard InChI is InChI=1S/C28H35FN2O3/c1-26-11-19-12-27(2,16-26)18-28(13-19,17-26)30-14-22(32)15-34-24-6-4-3-5-23(24)25(33)31-21-9-7-20(29)8-10-21/h3-10,19,22,30,32H,11-18H2,1-2H3,(H,31,33). The molecule has 2 aromatic rings. The maximum atomic E-state index is 13.1. The number of β-amino-alcohol motifs (C(OH)–C–C–N with tert-alkyl or cyclic N) is 1. The van der Waals surface area contributed by atoms with Gasteiger partial charge in [0.05, 0.1) is 5.56 Å². The number of ether oxygens (including phenoxy) is 1. The van der Waals surface area contributed by atoms with Gasteiger partial charge >= 0.3 is 0 Å². The Morgan fingerprint density at radius 1 is 1.06 bits per heavy atom. The average Bonchev–Trinajstić information content (AvgIpc) is 2.75. The van der Waals surface area contributed by atoms with Crippen LogP contribution in [-0.4, -0.2) is 35.8 Å². The fourth-order valence-electron chi connectivity index (χ4n) is 7.74. The van der Waals surface area contributed by atoms with E-state index in [0.29, 0.717) is 34.4 Å². The molecule has 6 rings (SSSR count). The van der Waals surface area contributed by atoms with E-state index in [2.05, 4.69) is 24.5 Å². The minimum atomic E-state index is -0.679. The Morgan fingerprint density at radius 3 is 2.41 bits per heavy atom. The second-order valence-electron chi connectivity index (χ2n) is 11.7. The van der Waals surface area contributed by atoms with Crippen molar-refractivity contribution in [2.45, 2.75) is 64.0 Å². The molecule has 0 radical (unpaired) electrons. The Kier molecular flexibility index (Phi) is 5.93. The van der Waals surface area contributed by atoms with Gasteiger partial charge in [0.15, 0.2) is 0 Å². The number of hydrogen-bond donors (Lipinski definition) is 3. The smallest absolute Gasteiger partial charge is 0.259 e. The van der Waals surface area contributed by atoms with Crippen LogP contribution >= 0.6 is 0 Å². The summed E-state index contributed by atoms with van der Waals surface area (Å²) in [6.07, 6.45) is 6.91. The van der Waals surface area contributed by atoms with Crippen LogP contribution in [0.3, 0.4) is 0 Å². The molecule has 182 valence electrons. The van der Waals surface area contributed by atoms with E-state index < -0.39 is 6.10 Å². The largest absolute Gasteiger partial charge is 0.490 e. The molecule has 4 bridgehead atoms. The van der Waals surface area contributed by atoms with Crippen molar-refractivity contribution in [3.05, 3.63) is 59.9 Å². The average molecular weight is 467 g/mol. The zero-order valence-corrected chi connectivity index (χ0v) is 20.1. The molecule has 5 nitrogen and oxygen atoms in total. The Balaban J connectivity index is 1.18. The fourth-order valence-corrected chi connectivity index (χ4v) is 7.74. The molecule has 0 aliphatic heterocycles. The fraction of sp³-hybridized carbons (Fsp3) is 0.536. The second kappa shape index (κ2) is 8.65. The summed E-state index contributed by atoms with van der Waals surface area (Å²) in [5.74, 6) is 0.501. The number of carbonyl (C=O) groups excluding carboxylic acids is 1. The third-order valence-electron chi connectivity index (χ3n) is 8.00. The Bertz CT molecular complexity index is 1040. The van der Waals surface area contributed by atoms with Crippen LogP contribution in [0.5, 0.6) is 5.75 Å². The molecule has 0 heterocycles. The maximum absolute atomic E-state index is 13.1. The van der Waals surface area contributed by atoms with Crippen LogP contribution in [0.4, 0.5) is 10.1 Å². The molecular weight excluding hydrogens is 431 g/mol. The molecule has 4 aliphatic carbocycles. The van der Waals surface area contributed by atoms with E-state index in [1.807, 2.05) is 0 Å². The molecule has 3 atom stereocenters. The molecule has 1 amide bonds. The molecule has 0 spiro atoms. The molecule has 3 N–H and O–H groups in total. The van der Waals surface area contributed by atoms with Crippen molar-refractivity contribution in [1.82, 2.24) is 5.32 Å². The van der Waals surface area contributed by atoms with Gasteiger partial charge in [-0.1, -0.05) is 26.0 Å². The van der Waals surface area contributed by atoms with Crippen LogP contribution in [-0.2, 0) is 0 Å². The van der Waals surface area contributed by atoms with Gasteiger partial charge in [0, 0.05) is 17.8 Å². The van der Waals surface area contributed by atoms with Gasteiger partial charge in [-0.2, -0.15) is 0 Å². The molecule has 4 saturated carbocycles. The number of carbonyl (C=O) groups is 1. The van der Waals surface area contributed by atoms with E-state index >= 15 is 0 Å². The van der Waals surface area contributed by atoms with Crippen LogP contribution in [0.15, 0.2) is 48.5 Å². The molecule has 0 aromatic heterocycles. The van der Waals surface area contributed by atoms with Crippen molar-refractivity contribution >= 4 is 11.6 Å². The van der Waals surface area contributed by atoms with Crippen molar-refractivity contribution in [3.8, 4) is 5.75 Å². The number of amides is 1. The van der Waals surface area contributed by atoms with E-state index in [0.717, 1.165) is 5.92 Å². The predicted molar refractivity (Wildman–Crippen MR) is 130 cm³/mol. The highest BCUT2D eigenvalue weighted by Gasteiger charge is 2.59. The second-order valence-corrected chi connectivity index (χ2v) is 11.7. The van der Waals surface area contributed by atoms with E-state index in [1.165, 1.54) is 62.8 Å². The van der Waals surface area contributed by atoms with Crippen molar-refractivity contribution < 1.29 is 19.0 Å². The van der Waals surface area contributed by atoms with Crippen LogP contribution in [0, 0.1) is 22.6 Å². The summed E-state index contributed by atoms with van der Waals surface area (Å²) in [6.45, 7) is 5.46. The van der Waals surface area contributed by atoms with Gasteiger partial charge in [0.25, 0.3) is 5.91 Å². The van der Waals surface area contributed by atoms with Crippen molar-refractivity contribution in [2.75, 3.05) is 18.5 Å². The summed E-state index contributed by atoms with van der Waals surface area (Å²) in [6, 6.07) is 12.6. The summed E-state index contributed by atoms with van der Waals surface area (Å²) in [4.78, 5) is 12.8. The Morgan fingerprint density at radius 2 is 1.74 bits per heavy atom. The lowest BCUT2D eigenvalue weighted by atomic mass is 9.43. The minimum absolute atomic E-state index is 0.0991. The number of nitrogens with one attached hydrogen (secondary N) is 2. The van der Waals surface area contributed by atoms with Crippen molar-refractivity contribution in [1.29, 1.82) is 0 Å². The highest BCUT2D eigenvalue weighted by Crippen LogP contribution is 2.66. The monoisotopic (exact) mass is 466 g/mol. The number of para-hydroxylation sites is 1. The van der Waals surface area contributed by atoms with Crippen molar-refractivity contribution in [2.24, 2.45) is 16.7 Å². The molecule has 0 saturated heterocycles. The van der Waals surface area contributed by atoms with Gasteiger partial charge in [-0.3, -0.25) is 4.79 Å². The summed E-state index contributed by atoms with van der Waals surface area (Å²) in [7, 11) is 0. The number of aliphatic hydroxyl groups is 1. The van der Waals surface area contributed by atoms with Crippen LogP contribution < -0.4 is 15.4 Å². The van der Waals surface area contributed by atoms with Crippen LogP contribution in [0.1, 0.15) is 62.7 Å². The summed E-state index contributed by atoms with van der Waals surface area (Å²) in [5.41, 5.74) is 1.83. The van der Waals surface area contributed by atoms with E-state index in [1.54, 1.807) is 24.3 Å². The molecule has 34 heavy (non-hydrogen) atoms. The van der Waals surface area contributed by atoms with E-state index in [9.17, 15) is 14.3 Å². The lowest BCUT2D eigenvalue weighted by Crippen LogP contribution is -2.65. The SMILES string of the molecule is CC12CC3CC(C)(C1)CC(NCC(O)COc1ccccc1C(=O)Nc1ccc(F)cc1)(C3)C2. The number of benzene rings is 2. The first kappa shape index (κ1) is 23.3. The predicted octanol–water partition coefficient (Wildman–Crippen LogP) is 5.16. The normalized spacial score (nSPS) is 32.4. The first-order valence-electron chi connectivity index (χ1n) is 12.4. The zero-order chi connectivity index (χ0) is 24.0. The molecular formula is C28H35FN2O3. The topological polar surface area (TPSA) is 70.6 Å². The quantitative estimate of drug-likeness (QED) is 0.503. The van der Waals surface area contributed by atoms with Gasteiger partial charge in [0.2, 0.25) is 0 Å². The molecule has 2 aromatic carbocycles. The van der Waals surface area contributed by atoms with Gasteiger partial charge < -0.3 is 20.5 Å². The molecule has 4 aliphatic rings. The first-order chi connectivity index (χ1) is 16.1. The number of anilines is 1. The maximum Gasteiger partial charge on any atom is 0.259 e. The highest BCUT2D eigenvalue weighted by molar-refractivity contribution is 6.06. The molecule has 6 heteroatoms. The lowest BCUT2D eigenvalue weighted by molar-refractivity contribution is -0.120. The lowest BCUT2D eigenvalue weighted by Gasteiger charge is -2.65. The van der Waals surface area contributed by atoms with Gasteiger partial charge in [0.1, 0.15) is 24.3 Å². The van der Waals surface area contributed by atoms with E-state index in [4.69, 9.17) is 4.74 Å². The highest BCUT2D eigenvalue weighted by atomic mass is 19.1. The summed E-state index contributed by atoms with van der Waals surface area (Å²) >= 11 is 0. The third kappa shape index (κ3) is 4.84. The zero-order valence-electron chi connectivity index (χ0n) is 20.1. The van der Waals surface area contributed by atoms with Gasteiger partial charge in [-0.05, 0) is 91.7 Å². The van der Waals surface area contributed by atoms with E-state index in [-0.39, 0.29) is 23.9 Å². The van der Waals surface area contributed by atoms with Gasteiger partial charge in [-0.15, -0.1) is 0 Å². The van der Waals surface area contributed by atoms with Gasteiger partial charge in [-0.25, -0.2) is 4.39 Å². The first-order valence-corrected chi connectivity index (χ1v) is 12.4. The molecule has 3 unspecified atom stereocenters. The van der Waals surface area contributed by atoms with Crippen LogP contribution in [0.25, 0.3) is 0 Å². The van der Waals surface area contributed by atoms with Crippen LogP contribution in [0.2, 0.25) is 0 Å². The summed E-state index contributed by atoms with van der Waals surface area (Å²) in [5, 5.41) is 17.2.